The molecule has 0 aliphatic carbocycles. The van der Waals surface area contributed by atoms with Crippen LogP contribution in [-0.4, -0.2) is 66.0 Å². The normalized spacial score (nSPS) is 23.1. The van der Waals surface area contributed by atoms with Gasteiger partial charge >= 0.3 is 0 Å². The van der Waals surface area contributed by atoms with E-state index in [-0.39, 0.29) is 18.3 Å². The third-order valence-electron chi connectivity index (χ3n) is 4.48. The zero-order valence-corrected chi connectivity index (χ0v) is 13.6. The number of aromatic nitrogens is 1. The first kappa shape index (κ1) is 16.3. The predicted octanol–water partition coefficient (Wildman–Crippen LogP) is 1.17. The second-order valence-electron chi connectivity index (χ2n) is 5.99. The Morgan fingerprint density at radius 1 is 1.24 bits per heavy atom. The maximum Gasteiger partial charge on any atom is 0.270 e. The lowest BCUT2D eigenvalue weighted by molar-refractivity contribution is 0.0767. The van der Waals surface area contributed by atoms with Gasteiger partial charge in [-0.15, -0.1) is 12.4 Å². The van der Waals surface area contributed by atoms with Crippen molar-refractivity contribution < 1.29 is 4.79 Å². The van der Waals surface area contributed by atoms with Crippen LogP contribution >= 0.6 is 12.4 Å². The summed E-state index contributed by atoms with van der Waals surface area (Å²) in [6.45, 7) is 10.1. The maximum absolute atomic E-state index is 12.6. The van der Waals surface area contributed by atoms with Gasteiger partial charge in [-0.1, -0.05) is 0 Å². The largest absolute Gasteiger partial charge is 0.354 e. The second-order valence-corrected chi connectivity index (χ2v) is 5.99. The first-order valence-electron chi connectivity index (χ1n) is 7.55. The van der Waals surface area contributed by atoms with Gasteiger partial charge < -0.3 is 15.2 Å². The Labute approximate surface area is 132 Å². The third kappa shape index (κ3) is 3.42. The van der Waals surface area contributed by atoms with Gasteiger partial charge in [0.1, 0.15) is 5.69 Å². The molecule has 1 atom stereocenters. The maximum atomic E-state index is 12.6. The molecule has 1 aromatic heterocycles. The molecule has 1 unspecified atom stereocenters. The SMILES string of the molecule is Cc1cc(C)c(C(=O)N2CCC(N3CCNCC3)C2)[nH]1.Cl. The highest BCUT2D eigenvalue weighted by atomic mass is 35.5. The smallest absolute Gasteiger partial charge is 0.270 e. The Bertz CT molecular complexity index is 496. The van der Waals surface area contributed by atoms with E-state index in [1.165, 1.54) is 0 Å². The Kier molecular flexibility index (Phi) is 5.30. The number of aryl methyl sites for hydroxylation is 2. The van der Waals surface area contributed by atoms with Crippen LogP contribution in [0.1, 0.15) is 28.2 Å². The molecule has 5 nitrogen and oxygen atoms in total. The summed E-state index contributed by atoms with van der Waals surface area (Å²) in [4.78, 5) is 20.3. The van der Waals surface area contributed by atoms with E-state index in [9.17, 15) is 4.79 Å². The fraction of sp³-hybridized carbons (Fsp3) is 0.667. The third-order valence-corrected chi connectivity index (χ3v) is 4.48. The summed E-state index contributed by atoms with van der Waals surface area (Å²) in [6.07, 6.45) is 1.10. The van der Waals surface area contributed by atoms with E-state index in [1.54, 1.807) is 0 Å². The van der Waals surface area contributed by atoms with Crippen LogP contribution in [0.25, 0.3) is 0 Å². The number of piperazine rings is 1. The molecule has 2 N–H and O–H groups in total. The molecule has 2 aliphatic heterocycles. The van der Waals surface area contributed by atoms with E-state index in [2.05, 4.69) is 15.2 Å². The molecule has 2 saturated heterocycles. The summed E-state index contributed by atoms with van der Waals surface area (Å²) >= 11 is 0. The summed E-state index contributed by atoms with van der Waals surface area (Å²) in [5.41, 5.74) is 2.88. The molecule has 0 bridgehead atoms. The fourth-order valence-corrected chi connectivity index (χ4v) is 3.38. The van der Waals surface area contributed by atoms with Crippen LogP contribution in [0.3, 0.4) is 0 Å². The Morgan fingerprint density at radius 2 is 1.95 bits per heavy atom. The number of rotatable bonds is 2. The molecular weight excluding hydrogens is 288 g/mol. The van der Waals surface area contributed by atoms with Crippen LogP contribution in [0.4, 0.5) is 0 Å². The van der Waals surface area contributed by atoms with E-state index in [0.717, 1.165) is 62.6 Å². The standard InChI is InChI=1S/C15H24N4O.ClH/c1-11-9-12(2)17-14(11)15(20)19-6-3-13(10-19)18-7-4-16-5-8-18;/h9,13,16-17H,3-8,10H2,1-2H3;1H. The van der Waals surface area contributed by atoms with Crippen molar-refractivity contribution in [3.63, 3.8) is 0 Å². The molecule has 0 aromatic carbocycles. The number of hydrogen-bond donors (Lipinski definition) is 2. The average Bonchev–Trinajstić information content (AvgIpc) is 3.06. The molecule has 3 rings (SSSR count). The van der Waals surface area contributed by atoms with Crippen molar-refractivity contribution in [2.24, 2.45) is 0 Å². The summed E-state index contributed by atoms with van der Waals surface area (Å²) < 4.78 is 0. The van der Waals surface area contributed by atoms with Gasteiger partial charge in [0.2, 0.25) is 0 Å². The molecule has 6 heteroatoms. The lowest BCUT2D eigenvalue weighted by atomic mass is 10.2. The van der Waals surface area contributed by atoms with Gasteiger partial charge in [-0.2, -0.15) is 0 Å². The molecule has 0 radical (unpaired) electrons. The number of hydrogen-bond acceptors (Lipinski definition) is 3. The number of nitrogens with one attached hydrogen (secondary N) is 2. The van der Waals surface area contributed by atoms with Crippen molar-refractivity contribution in [2.75, 3.05) is 39.3 Å². The van der Waals surface area contributed by atoms with Crippen molar-refractivity contribution in [1.29, 1.82) is 0 Å². The van der Waals surface area contributed by atoms with Gasteiger partial charge in [0.05, 0.1) is 0 Å². The zero-order valence-electron chi connectivity index (χ0n) is 12.8. The zero-order chi connectivity index (χ0) is 14.1. The van der Waals surface area contributed by atoms with E-state index in [0.29, 0.717) is 6.04 Å². The molecule has 0 spiro atoms. The van der Waals surface area contributed by atoms with Crippen LogP contribution in [0, 0.1) is 13.8 Å². The minimum atomic E-state index is 0. The van der Waals surface area contributed by atoms with Crippen LogP contribution in [-0.2, 0) is 0 Å². The number of aromatic amines is 1. The highest BCUT2D eigenvalue weighted by Gasteiger charge is 2.32. The minimum absolute atomic E-state index is 0. The quantitative estimate of drug-likeness (QED) is 0.862. The molecule has 21 heavy (non-hydrogen) atoms. The fourth-order valence-electron chi connectivity index (χ4n) is 3.38. The van der Waals surface area contributed by atoms with Gasteiger partial charge in [0.15, 0.2) is 0 Å². The molecule has 2 fully saturated rings. The van der Waals surface area contributed by atoms with Crippen LogP contribution < -0.4 is 5.32 Å². The number of nitrogens with zero attached hydrogens (tertiary/aromatic N) is 2. The minimum Gasteiger partial charge on any atom is -0.354 e. The molecule has 1 amide bonds. The summed E-state index contributed by atoms with van der Waals surface area (Å²) in [7, 11) is 0. The van der Waals surface area contributed by atoms with Gasteiger partial charge in [-0.3, -0.25) is 9.69 Å². The first-order valence-corrected chi connectivity index (χ1v) is 7.55. The van der Waals surface area contributed by atoms with Crippen LogP contribution in [0.5, 0.6) is 0 Å². The van der Waals surface area contributed by atoms with E-state index in [4.69, 9.17) is 0 Å². The molecular formula is C15H25ClN4O. The second kappa shape index (κ2) is 6.81. The number of H-pyrrole nitrogens is 1. The summed E-state index contributed by atoms with van der Waals surface area (Å²) in [5, 5.41) is 3.38. The number of likely N-dealkylation sites (tertiary alicyclic amines) is 1. The number of halogens is 1. The summed E-state index contributed by atoms with van der Waals surface area (Å²) in [6, 6.07) is 2.58. The lowest BCUT2D eigenvalue weighted by Gasteiger charge is -2.32. The highest BCUT2D eigenvalue weighted by Crippen LogP contribution is 2.20. The Hall–Kier alpha value is -1.04. The molecule has 1 aromatic rings. The molecule has 2 aliphatic rings. The lowest BCUT2D eigenvalue weighted by Crippen LogP contribution is -2.49. The number of carbonyl (C=O) groups is 1. The predicted molar refractivity (Wildman–Crippen MR) is 86.3 cm³/mol. The average molecular weight is 313 g/mol. The van der Waals surface area contributed by atoms with Crippen molar-refractivity contribution in [2.45, 2.75) is 26.3 Å². The van der Waals surface area contributed by atoms with Gasteiger partial charge in [-0.25, -0.2) is 0 Å². The summed E-state index contributed by atoms with van der Waals surface area (Å²) in [5.74, 6) is 0.160. The molecule has 118 valence electrons. The number of amides is 1. The monoisotopic (exact) mass is 312 g/mol. The van der Waals surface area contributed by atoms with Crippen molar-refractivity contribution in [1.82, 2.24) is 20.1 Å². The highest BCUT2D eigenvalue weighted by molar-refractivity contribution is 5.94. The van der Waals surface area contributed by atoms with Crippen molar-refractivity contribution in [3.8, 4) is 0 Å². The van der Waals surface area contributed by atoms with E-state index >= 15 is 0 Å². The van der Waals surface area contributed by atoms with Crippen molar-refractivity contribution in [3.05, 3.63) is 23.0 Å². The Morgan fingerprint density at radius 3 is 2.57 bits per heavy atom. The first-order chi connectivity index (χ1) is 9.65. The van der Waals surface area contributed by atoms with Gasteiger partial charge in [0, 0.05) is 51.0 Å². The van der Waals surface area contributed by atoms with Gasteiger partial charge in [0.25, 0.3) is 5.91 Å². The van der Waals surface area contributed by atoms with Gasteiger partial charge in [-0.05, 0) is 31.9 Å². The molecule has 3 heterocycles. The van der Waals surface area contributed by atoms with Crippen LogP contribution in [0.2, 0.25) is 0 Å². The van der Waals surface area contributed by atoms with Crippen molar-refractivity contribution >= 4 is 18.3 Å². The topological polar surface area (TPSA) is 51.4 Å². The van der Waals surface area contributed by atoms with E-state index < -0.39 is 0 Å². The molecule has 0 saturated carbocycles. The number of carbonyl (C=O) groups excluding carboxylic acids is 1. The Balaban J connectivity index is 0.00000161. The van der Waals surface area contributed by atoms with Crippen LogP contribution in [0.15, 0.2) is 6.07 Å². The van der Waals surface area contributed by atoms with E-state index in [1.807, 2.05) is 24.8 Å².